The SMILES string of the molecule is O=C1C(c2ccccc2Cl)=COC2CC(OCc3ccc(Br)cc3)CCC12. The number of Topliss-reactive ketones (excluding diaryl/α,β-unsaturated/α-hetero) is 1. The predicted octanol–water partition coefficient (Wildman–Crippen LogP) is 5.80. The topological polar surface area (TPSA) is 35.5 Å². The van der Waals surface area contributed by atoms with Gasteiger partial charge in [0.15, 0.2) is 5.78 Å². The molecule has 3 atom stereocenters. The molecule has 2 aromatic rings. The van der Waals surface area contributed by atoms with E-state index in [1.807, 2.05) is 30.3 Å². The average Bonchev–Trinajstić information content (AvgIpc) is 2.69. The lowest BCUT2D eigenvalue weighted by Crippen LogP contribution is -2.41. The highest BCUT2D eigenvalue weighted by molar-refractivity contribution is 9.10. The lowest BCUT2D eigenvalue weighted by molar-refractivity contribution is -0.128. The molecule has 5 heteroatoms. The third kappa shape index (κ3) is 4.13. The van der Waals surface area contributed by atoms with Gasteiger partial charge in [-0.15, -0.1) is 0 Å². The summed E-state index contributed by atoms with van der Waals surface area (Å²) in [6.07, 6.45) is 3.95. The number of halogens is 2. The molecule has 0 aromatic heterocycles. The molecule has 1 aliphatic carbocycles. The van der Waals surface area contributed by atoms with Gasteiger partial charge in [0, 0.05) is 21.5 Å². The lowest BCUT2D eigenvalue weighted by atomic mass is 9.78. The van der Waals surface area contributed by atoms with Crippen molar-refractivity contribution >= 4 is 38.9 Å². The number of rotatable bonds is 4. The molecule has 0 spiro atoms. The third-order valence-electron chi connectivity index (χ3n) is 5.27. The number of hydrogen-bond donors (Lipinski definition) is 0. The molecular formula is C22H20BrClO3. The van der Waals surface area contributed by atoms with Crippen molar-refractivity contribution in [1.29, 1.82) is 0 Å². The van der Waals surface area contributed by atoms with Crippen LogP contribution in [0, 0.1) is 5.92 Å². The van der Waals surface area contributed by atoms with E-state index in [1.54, 1.807) is 12.3 Å². The van der Waals surface area contributed by atoms with Gasteiger partial charge < -0.3 is 9.47 Å². The number of fused-ring (bicyclic) bond motifs is 1. The molecule has 1 aliphatic heterocycles. The van der Waals surface area contributed by atoms with Gasteiger partial charge in [-0.3, -0.25) is 4.79 Å². The van der Waals surface area contributed by atoms with Crippen LogP contribution in [-0.4, -0.2) is 18.0 Å². The van der Waals surface area contributed by atoms with Crippen LogP contribution in [0.2, 0.25) is 5.02 Å². The molecule has 1 heterocycles. The largest absolute Gasteiger partial charge is 0.496 e. The molecule has 4 rings (SSSR count). The van der Waals surface area contributed by atoms with E-state index in [1.165, 1.54) is 0 Å². The van der Waals surface area contributed by atoms with E-state index in [2.05, 4.69) is 28.1 Å². The first kappa shape index (κ1) is 18.7. The number of carbonyl (C=O) groups excluding carboxylic acids is 1. The zero-order valence-electron chi connectivity index (χ0n) is 14.7. The first-order chi connectivity index (χ1) is 13.1. The summed E-state index contributed by atoms with van der Waals surface area (Å²) in [4.78, 5) is 13.0. The van der Waals surface area contributed by atoms with Gasteiger partial charge in [-0.25, -0.2) is 0 Å². The van der Waals surface area contributed by atoms with E-state index in [0.29, 0.717) is 17.2 Å². The summed E-state index contributed by atoms with van der Waals surface area (Å²) in [5, 5.41) is 0.575. The van der Waals surface area contributed by atoms with Gasteiger partial charge in [0.2, 0.25) is 0 Å². The van der Waals surface area contributed by atoms with Crippen LogP contribution in [-0.2, 0) is 20.9 Å². The molecule has 1 saturated carbocycles. The molecule has 0 bridgehead atoms. The number of hydrogen-bond acceptors (Lipinski definition) is 3. The molecule has 2 aliphatic rings. The Morgan fingerprint density at radius 3 is 2.67 bits per heavy atom. The van der Waals surface area contributed by atoms with Gasteiger partial charge >= 0.3 is 0 Å². The molecule has 0 radical (unpaired) electrons. The summed E-state index contributed by atoms with van der Waals surface area (Å²) in [5.41, 5.74) is 2.47. The minimum Gasteiger partial charge on any atom is -0.496 e. The average molecular weight is 448 g/mol. The maximum atomic E-state index is 13.0. The number of ketones is 1. The second-order valence-electron chi connectivity index (χ2n) is 7.03. The fourth-order valence-electron chi connectivity index (χ4n) is 3.78. The highest BCUT2D eigenvalue weighted by Gasteiger charge is 2.40. The van der Waals surface area contributed by atoms with E-state index in [0.717, 1.165) is 34.9 Å². The highest BCUT2D eigenvalue weighted by Crippen LogP contribution is 2.38. The summed E-state index contributed by atoms with van der Waals surface area (Å²) >= 11 is 9.70. The zero-order chi connectivity index (χ0) is 18.8. The number of carbonyl (C=O) groups is 1. The van der Waals surface area contributed by atoms with E-state index in [-0.39, 0.29) is 23.9 Å². The summed E-state index contributed by atoms with van der Waals surface area (Å²) in [7, 11) is 0. The maximum Gasteiger partial charge on any atom is 0.173 e. The minimum atomic E-state index is -0.118. The normalized spacial score (nSPS) is 24.7. The quantitative estimate of drug-likeness (QED) is 0.594. The van der Waals surface area contributed by atoms with Gasteiger partial charge in [0.25, 0.3) is 0 Å². The fraction of sp³-hybridized carbons (Fsp3) is 0.318. The maximum absolute atomic E-state index is 13.0. The van der Waals surface area contributed by atoms with Gasteiger partial charge in [0.05, 0.1) is 30.5 Å². The third-order valence-corrected chi connectivity index (χ3v) is 6.13. The van der Waals surface area contributed by atoms with Crippen LogP contribution < -0.4 is 0 Å². The van der Waals surface area contributed by atoms with Gasteiger partial charge in [-0.05, 0) is 36.6 Å². The number of benzene rings is 2. The molecule has 1 fully saturated rings. The van der Waals surface area contributed by atoms with Crippen molar-refractivity contribution in [3.8, 4) is 0 Å². The van der Waals surface area contributed by atoms with Gasteiger partial charge in [0.1, 0.15) is 6.10 Å². The Labute approximate surface area is 172 Å². The van der Waals surface area contributed by atoms with Crippen LogP contribution in [0.3, 0.4) is 0 Å². The Morgan fingerprint density at radius 1 is 1.11 bits per heavy atom. The summed E-state index contributed by atoms with van der Waals surface area (Å²) < 4.78 is 13.1. The molecule has 27 heavy (non-hydrogen) atoms. The second kappa shape index (κ2) is 8.17. The Morgan fingerprint density at radius 2 is 1.89 bits per heavy atom. The van der Waals surface area contributed by atoms with Crippen molar-refractivity contribution < 1.29 is 14.3 Å². The van der Waals surface area contributed by atoms with Crippen LogP contribution in [0.25, 0.3) is 5.57 Å². The standard InChI is InChI=1S/C22H20BrClO3/c23-15-7-5-14(6-8-15)12-26-16-9-10-18-21(11-16)27-13-19(22(18)25)17-3-1-2-4-20(17)24/h1-8,13,16,18,21H,9-12H2. The molecule has 0 saturated heterocycles. The van der Waals surface area contributed by atoms with Crippen molar-refractivity contribution in [3.63, 3.8) is 0 Å². The lowest BCUT2D eigenvalue weighted by Gasteiger charge is -2.37. The van der Waals surface area contributed by atoms with E-state index in [4.69, 9.17) is 21.1 Å². The molecule has 0 amide bonds. The van der Waals surface area contributed by atoms with Crippen molar-refractivity contribution in [1.82, 2.24) is 0 Å². The Bertz CT molecular complexity index is 862. The molecular weight excluding hydrogens is 428 g/mol. The van der Waals surface area contributed by atoms with Gasteiger partial charge in [-0.1, -0.05) is 57.9 Å². The van der Waals surface area contributed by atoms with Gasteiger partial charge in [-0.2, -0.15) is 0 Å². The van der Waals surface area contributed by atoms with Crippen LogP contribution in [0.1, 0.15) is 30.4 Å². The van der Waals surface area contributed by atoms with Crippen molar-refractivity contribution in [2.24, 2.45) is 5.92 Å². The smallest absolute Gasteiger partial charge is 0.173 e. The first-order valence-electron chi connectivity index (χ1n) is 9.12. The molecule has 3 nitrogen and oxygen atoms in total. The Hall–Kier alpha value is -1.62. The van der Waals surface area contributed by atoms with Crippen LogP contribution >= 0.6 is 27.5 Å². The summed E-state index contributed by atoms with van der Waals surface area (Å²) in [6, 6.07) is 15.5. The van der Waals surface area contributed by atoms with E-state index in [9.17, 15) is 4.79 Å². The summed E-state index contributed by atoms with van der Waals surface area (Å²) in [6.45, 7) is 0.573. The van der Waals surface area contributed by atoms with Crippen molar-refractivity contribution in [2.45, 2.75) is 38.1 Å². The van der Waals surface area contributed by atoms with Crippen LogP contribution in [0.5, 0.6) is 0 Å². The highest BCUT2D eigenvalue weighted by atomic mass is 79.9. The van der Waals surface area contributed by atoms with Crippen LogP contribution in [0.4, 0.5) is 0 Å². The number of ether oxygens (including phenoxy) is 2. The first-order valence-corrected chi connectivity index (χ1v) is 10.3. The van der Waals surface area contributed by atoms with E-state index < -0.39 is 0 Å². The molecule has 2 aromatic carbocycles. The Kier molecular flexibility index (Phi) is 5.67. The van der Waals surface area contributed by atoms with Crippen LogP contribution in [0.15, 0.2) is 59.3 Å². The molecule has 0 N–H and O–H groups in total. The minimum absolute atomic E-state index is 0.109. The predicted molar refractivity (Wildman–Crippen MR) is 109 cm³/mol. The van der Waals surface area contributed by atoms with Crippen molar-refractivity contribution in [3.05, 3.63) is 75.4 Å². The summed E-state index contributed by atoms with van der Waals surface area (Å²) in [5.74, 6) is 0.0134. The second-order valence-corrected chi connectivity index (χ2v) is 8.35. The molecule has 3 unspecified atom stereocenters. The fourth-order valence-corrected chi connectivity index (χ4v) is 4.28. The Balaban J connectivity index is 1.40. The monoisotopic (exact) mass is 446 g/mol. The zero-order valence-corrected chi connectivity index (χ0v) is 17.1. The number of allylic oxidation sites excluding steroid dienone is 1. The van der Waals surface area contributed by atoms with Crippen molar-refractivity contribution in [2.75, 3.05) is 0 Å². The molecule has 140 valence electrons. The van der Waals surface area contributed by atoms with E-state index >= 15 is 0 Å².